The number of hydrogen-bond donors (Lipinski definition) is 1. The van der Waals surface area contributed by atoms with Crippen molar-refractivity contribution in [1.82, 2.24) is 4.98 Å². The van der Waals surface area contributed by atoms with Crippen molar-refractivity contribution in [3.8, 4) is 11.3 Å². The Morgan fingerprint density at radius 1 is 1.43 bits per heavy atom. The molecule has 1 N–H and O–H groups in total. The third-order valence-corrected chi connectivity index (χ3v) is 4.71. The van der Waals surface area contributed by atoms with Crippen LogP contribution in [0.4, 0.5) is 10.8 Å². The van der Waals surface area contributed by atoms with Gasteiger partial charge in [-0.15, -0.1) is 11.3 Å². The lowest BCUT2D eigenvalue weighted by molar-refractivity contribution is -0.118. The molecule has 6 heteroatoms. The van der Waals surface area contributed by atoms with Crippen molar-refractivity contribution in [1.29, 1.82) is 0 Å². The summed E-state index contributed by atoms with van der Waals surface area (Å²) in [5.41, 5.74) is 4.03. The minimum Gasteiger partial charge on any atom is -0.309 e. The number of fused-ring (bicyclic) bond motifs is 1. The van der Waals surface area contributed by atoms with Crippen LogP contribution in [0.25, 0.3) is 11.3 Å². The molecule has 120 valence electrons. The van der Waals surface area contributed by atoms with E-state index in [1.807, 2.05) is 29.3 Å². The molecular formula is C17H19N3O2S. The molecule has 0 spiro atoms. The van der Waals surface area contributed by atoms with Gasteiger partial charge in [-0.05, 0) is 31.0 Å². The molecule has 0 bridgehead atoms. The fraction of sp³-hybridized carbons (Fsp3) is 0.353. The predicted molar refractivity (Wildman–Crippen MR) is 92.8 cm³/mol. The molecule has 2 heterocycles. The van der Waals surface area contributed by atoms with Crippen molar-refractivity contribution in [3.05, 3.63) is 29.1 Å². The standard InChI is InChI=1S/C17H19N3O2S/c1-4-16(22)20-10(2)7-13-8-12(5-6-15(13)20)14-9-23-17(19-14)18-11(3)21/h5-6,8-10H,4,7H2,1-3H3,(H,18,19,21)/t10-/m0/s1. The lowest BCUT2D eigenvalue weighted by Crippen LogP contribution is -2.35. The van der Waals surface area contributed by atoms with Crippen LogP contribution in [0.3, 0.4) is 0 Å². The Kier molecular flexibility index (Phi) is 4.17. The summed E-state index contributed by atoms with van der Waals surface area (Å²) in [7, 11) is 0. The van der Waals surface area contributed by atoms with Crippen molar-refractivity contribution >= 4 is 34.0 Å². The fourth-order valence-electron chi connectivity index (χ4n) is 2.96. The highest BCUT2D eigenvalue weighted by atomic mass is 32.1. The van der Waals surface area contributed by atoms with Gasteiger partial charge in [-0.2, -0.15) is 0 Å². The monoisotopic (exact) mass is 329 g/mol. The minimum atomic E-state index is -0.123. The van der Waals surface area contributed by atoms with Crippen LogP contribution in [0.15, 0.2) is 23.6 Å². The second-order valence-corrected chi connectivity index (χ2v) is 6.59. The van der Waals surface area contributed by atoms with E-state index in [0.717, 1.165) is 23.4 Å². The molecule has 0 saturated heterocycles. The van der Waals surface area contributed by atoms with E-state index >= 15 is 0 Å². The number of benzene rings is 1. The van der Waals surface area contributed by atoms with Crippen LogP contribution in [0.5, 0.6) is 0 Å². The summed E-state index contributed by atoms with van der Waals surface area (Å²) in [6.07, 6.45) is 1.37. The SMILES string of the molecule is CCC(=O)N1c2ccc(-c3csc(NC(C)=O)n3)cc2C[C@@H]1C. The summed E-state index contributed by atoms with van der Waals surface area (Å²) >= 11 is 1.41. The Balaban J connectivity index is 1.90. The van der Waals surface area contributed by atoms with Crippen molar-refractivity contribution in [3.63, 3.8) is 0 Å². The van der Waals surface area contributed by atoms with Crippen LogP contribution in [-0.2, 0) is 16.0 Å². The molecule has 0 saturated carbocycles. The molecule has 1 aromatic heterocycles. The molecule has 2 aromatic rings. The average molecular weight is 329 g/mol. The molecule has 2 amide bonds. The molecule has 1 aliphatic heterocycles. The summed E-state index contributed by atoms with van der Waals surface area (Å²) in [4.78, 5) is 29.6. The smallest absolute Gasteiger partial charge is 0.226 e. The second kappa shape index (κ2) is 6.12. The third kappa shape index (κ3) is 2.99. The zero-order valence-electron chi connectivity index (χ0n) is 13.4. The lowest BCUT2D eigenvalue weighted by atomic mass is 10.1. The van der Waals surface area contributed by atoms with Crippen LogP contribution in [0, 0.1) is 0 Å². The number of rotatable bonds is 3. The number of hydrogen-bond acceptors (Lipinski definition) is 4. The molecule has 1 aliphatic rings. The molecule has 23 heavy (non-hydrogen) atoms. The third-order valence-electron chi connectivity index (χ3n) is 3.95. The molecule has 0 radical (unpaired) electrons. The highest BCUT2D eigenvalue weighted by molar-refractivity contribution is 7.14. The number of thiazole rings is 1. The molecule has 0 unspecified atom stereocenters. The van der Waals surface area contributed by atoms with E-state index < -0.39 is 0 Å². The Hall–Kier alpha value is -2.21. The average Bonchev–Trinajstić information content (AvgIpc) is 3.08. The summed E-state index contributed by atoms with van der Waals surface area (Å²) in [5.74, 6) is 0.0352. The first-order chi connectivity index (χ1) is 11.0. The zero-order valence-corrected chi connectivity index (χ0v) is 14.2. The normalized spacial score (nSPS) is 16.3. The number of carbonyl (C=O) groups excluding carboxylic acids is 2. The van der Waals surface area contributed by atoms with Gasteiger partial charge in [0.25, 0.3) is 0 Å². The Morgan fingerprint density at radius 3 is 2.91 bits per heavy atom. The maximum absolute atomic E-state index is 12.1. The van der Waals surface area contributed by atoms with E-state index in [0.29, 0.717) is 11.6 Å². The van der Waals surface area contributed by atoms with E-state index in [9.17, 15) is 9.59 Å². The van der Waals surface area contributed by atoms with Gasteiger partial charge in [0.1, 0.15) is 0 Å². The zero-order chi connectivity index (χ0) is 16.6. The molecule has 0 aliphatic carbocycles. The van der Waals surface area contributed by atoms with Gasteiger partial charge in [0.15, 0.2) is 5.13 Å². The molecular weight excluding hydrogens is 310 g/mol. The molecule has 1 atom stereocenters. The maximum atomic E-state index is 12.1. The molecule has 5 nitrogen and oxygen atoms in total. The van der Waals surface area contributed by atoms with E-state index in [4.69, 9.17) is 0 Å². The highest BCUT2D eigenvalue weighted by Gasteiger charge is 2.30. The predicted octanol–water partition coefficient (Wildman–Crippen LogP) is 3.46. The summed E-state index contributed by atoms with van der Waals surface area (Å²) in [5, 5.41) is 5.23. The minimum absolute atomic E-state index is 0.123. The van der Waals surface area contributed by atoms with Gasteiger partial charge in [-0.25, -0.2) is 4.98 Å². The van der Waals surface area contributed by atoms with E-state index in [2.05, 4.69) is 23.3 Å². The Morgan fingerprint density at radius 2 is 2.22 bits per heavy atom. The van der Waals surface area contributed by atoms with Crippen molar-refractivity contribution in [2.24, 2.45) is 0 Å². The molecule has 3 rings (SSSR count). The van der Waals surface area contributed by atoms with Crippen LogP contribution >= 0.6 is 11.3 Å². The van der Waals surface area contributed by atoms with Gasteiger partial charge in [0.05, 0.1) is 5.69 Å². The van der Waals surface area contributed by atoms with Crippen molar-refractivity contribution in [2.45, 2.75) is 39.7 Å². The first-order valence-electron chi connectivity index (χ1n) is 7.68. The van der Waals surface area contributed by atoms with E-state index in [-0.39, 0.29) is 17.9 Å². The number of anilines is 2. The number of amides is 2. The van der Waals surface area contributed by atoms with Crippen LogP contribution < -0.4 is 10.2 Å². The fourth-order valence-corrected chi connectivity index (χ4v) is 3.72. The number of nitrogens with zero attached hydrogens (tertiary/aromatic N) is 2. The number of nitrogens with one attached hydrogen (secondary N) is 1. The second-order valence-electron chi connectivity index (χ2n) is 5.73. The van der Waals surface area contributed by atoms with Crippen LogP contribution in [0.2, 0.25) is 0 Å². The first kappa shape index (κ1) is 15.7. The lowest BCUT2D eigenvalue weighted by Gasteiger charge is -2.22. The van der Waals surface area contributed by atoms with Gasteiger partial charge in [-0.3, -0.25) is 9.59 Å². The van der Waals surface area contributed by atoms with E-state index in [1.54, 1.807) is 0 Å². The topological polar surface area (TPSA) is 62.3 Å². The van der Waals surface area contributed by atoms with Gasteiger partial charge in [0, 0.05) is 36.0 Å². The highest BCUT2D eigenvalue weighted by Crippen LogP contribution is 2.36. The van der Waals surface area contributed by atoms with Gasteiger partial charge in [-0.1, -0.05) is 13.0 Å². The number of aromatic nitrogens is 1. The number of carbonyl (C=O) groups is 2. The van der Waals surface area contributed by atoms with Crippen molar-refractivity contribution < 1.29 is 9.59 Å². The van der Waals surface area contributed by atoms with Gasteiger partial charge >= 0.3 is 0 Å². The molecule has 0 fully saturated rings. The van der Waals surface area contributed by atoms with Gasteiger partial charge in [0.2, 0.25) is 11.8 Å². The van der Waals surface area contributed by atoms with E-state index in [1.165, 1.54) is 23.8 Å². The first-order valence-corrected chi connectivity index (χ1v) is 8.56. The summed E-state index contributed by atoms with van der Waals surface area (Å²) in [6, 6.07) is 6.28. The van der Waals surface area contributed by atoms with Crippen molar-refractivity contribution in [2.75, 3.05) is 10.2 Å². The largest absolute Gasteiger partial charge is 0.309 e. The summed E-state index contributed by atoms with van der Waals surface area (Å²) < 4.78 is 0. The Labute approximate surface area is 139 Å². The maximum Gasteiger partial charge on any atom is 0.226 e. The van der Waals surface area contributed by atoms with Crippen LogP contribution in [0.1, 0.15) is 32.8 Å². The quantitative estimate of drug-likeness (QED) is 0.938. The Bertz CT molecular complexity index is 769. The van der Waals surface area contributed by atoms with Crippen LogP contribution in [-0.4, -0.2) is 22.8 Å². The van der Waals surface area contributed by atoms with Gasteiger partial charge < -0.3 is 10.2 Å². The molecule has 1 aromatic carbocycles. The summed E-state index contributed by atoms with van der Waals surface area (Å²) in [6.45, 7) is 5.43.